The number of nitrogens with zero attached hydrogens (tertiary/aromatic N) is 1. The Balaban J connectivity index is 2.79. The van der Waals surface area contributed by atoms with E-state index < -0.39 is 16.5 Å². The zero-order valence-electron chi connectivity index (χ0n) is 12.6. The number of aromatic nitrogens is 1. The molecule has 1 N–H and O–H groups in total. The molecule has 0 fully saturated rings. The molecule has 0 saturated carbocycles. The lowest BCUT2D eigenvalue weighted by atomic mass is 10.2. The number of amides is 1. The Morgan fingerprint density at radius 1 is 1.14 bits per heavy atom. The van der Waals surface area contributed by atoms with E-state index in [1.54, 1.807) is 13.8 Å². The van der Waals surface area contributed by atoms with Crippen LogP contribution >= 0.6 is 11.8 Å². The summed E-state index contributed by atoms with van der Waals surface area (Å²) >= 11 is 1.47. The Morgan fingerprint density at radius 3 is 2.10 bits per heavy atom. The summed E-state index contributed by atoms with van der Waals surface area (Å²) in [4.78, 5) is 15.8. The van der Waals surface area contributed by atoms with E-state index in [9.17, 15) is 18.0 Å². The van der Waals surface area contributed by atoms with Crippen LogP contribution in [0.3, 0.4) is 0 Å². The van der Waals surface area contributed by atoms with Crippen molar-refractivity contribution in [2.75, 3.05) is 5.32 Å². The number of rotatable bonds is 3. The van der Waals surface area contributed by atoms with E-state index in [2.05, 4.69) is 10.3 Å². The first-order chi connectivity index (χ1) is 9.31. The second kappa shape index (κ2) is 5.87. The average Bonchev–Trinajstić information content (AvgIpc) is 2.25. The van der Waals surface area contributed by atoms with Crippen molar-refractivity contribution in [3.05, 3.63) is 23.9 Å². The van der Waals surface area contributed by atoms with E-state index in [4.69, 9.17) is 0 Å². The summed E-state index contributed by atoms with van der Waals surface area (Å²) in [6, 6.07) is 2.05. The lowest BCUT2D eigenvalue weighted by molar-refractivity contribution is -0.137. The van der Waals surface area contributed by atoms with Crippen LogP contribution < -0.4 is 5.32 Å². The number of carbonyl (C=O) groups excluding carboxylic acids is 1. The predicted octanol–water partition coefficient (Wildman–Crippen LogP) is 4.35. The molecule has 118 valence electrons. The van der Waals surface area contributed by atoms with Crippen LogP contribution in [0, 0.1) is 0 Å². The zero-order valence-corrected chi connectivity index (χ0v) is 13.4. The SMILES string of the molecule is CC(C)(C)SC(C)(C)C(=O)Nc1ccc(C(F)(F)F)cn1. The van der Waals surface area contributed by atoms with Crippen LogP contribution in [0.15, 0.2) is 18.3 Å². The van der Waals surface area contributed by atoms with E-state index in [-0.39, 0.29) is 16.5 Å². The molecule has 0 radical (unpaired) electrons. The summed E-state index contributed by atoms with van der Waals surface area (Å²) in [5.74, 6) is -0.190. The van der Waals surface area contributed by atoms with Gasteiger partial charge < -0.3 is 5.32 Å². The van der Waals surface area contributed by atoms with Gasteiger partial charge in [0.15, 0.2) is 0 Å². The molecular formula is C14H19F3N2OS. The molecule has 1 aromatic heterocycles. The average molecular weight is 320 g/mol. The van der Waals surface area contributed by atoms with Crippen molar-refractivity contribution < 1.29 is 18.0 Å². The molecule has 0 saturated heterocycles. The van der Waals surface area contributed by atoms with Crippen molar-refractivity contribution >= 4 is 23.5 Å². The maximum absolute atomic E-state index is 12.4. The summed E-state index contributed by atoms with van der Waals surface area (Å²) in [5, 5.41) is 2.55. The molecule has 21 heavy (non-hydrogen) atoms. The second-order valence-electron chi connectivity index (χ2n) is 6.11. The molecule has 0 unspecified atom stereocenters. The standard InChI is InChI=1S/C14H19F3N2OS/c1-12(2,3)21-13(4,5)11(20)19-10-7-6-9(8-18-10)14(15,16)17/h6-8H,1-5H3,(H,18,19,20). The van der Waals surface area contributed by atoms with Gasteiger partial charge in [0.2, 0.25) is 5.91 Å². The second-order valence-corrected chi connectivity index (χ2v) is 8.56. The minimum absolute atomic E-state index is 0.107. The predicted molar refractivity (Wildman–Crippen MR) is 79.3 cm³/mol. The Labute approximate surface area is 126 Å². The quantitative estimate of drug-likeness (QED) is 0.900. The summed E-state index contributed by atoms with van der Waals surface area (Å²) in [6.07, 6.45) is -3.73. The third-order valence-corrected chi connectivity index (χ3v) is 3.75. The van der Waals surface area contributed by atoms with Crippen LogP contribution in [0.1, 0.15) is 40.2 Å². The molecule has 1 amide bonds. The molecule has 0 aliphatic heterocycles. The third kappa shape index (κ3) is 5.57. The van der Waals surface area contributed by atoms with E-state index in [0.29, 0.717) is 6.20 Å². The highest BCUT2D eigenvalue weighted by Crippen LogP contribution is 2.36. The van der Waals surface area contributed by atoms with Gasteiger partial charge in [-0.3, -0.25) is 4.79 Å². The Morgan fingerprint density at radius 2 is 1.71 bits per heavy atom. The maximum atomic E-state index is 12.4. The lowest BCUT2D eigenvalue weighted by Crippen LogP contribution is -2.37. The monoisotopic (exact) mass is 320 g/mol. The van der Waals surface area contributed by atoms with Crippen molar-refractivity contribution in [2.24, 2.45) is 0 Å². The van der Waals surface area contributed by atoms with Gasteiger partial charge in [0.25, 0.3) is 0 Å². The number of halogens is 3. The number of hydrogen-bond donors (Lipinski definition) is 1. The van der Waals surface area contributed by atoms with Crippen molar-refractivity contribution in [1.29, 1.82) is 0 Å². The molecule has 1 heterocycles. The van der Waals surface area contributed by atoms with Gasteiger partial charge in [-0.1, -0.05) is 20.8 Å². The molecule has 1 rings (SSSR count). The smallest absolute Gasteiger partial charge is 0.310 e. The van der Waals surface area contributed by atoms with E-state index in [1.165, 1.54) is 11.8 Å². The fraction of sp³-hybridized carbons (Fsp3) is 0.571. The molecule has 1 aromatic rings. The summed E-state index contributed by atoms with van der Waals surface area (Å²) < 4.78 is 36.4. The van der Waals surface area contributed by atoms with Crippen molar-refractivity contribution in [3.63, 3.8) is 0 Å². The van der Waals surface area contributed by atoms with Crippen LogP contribution in [0.25, 0.3) is 0 Å². The molecule has 0 atom stereocenters. The van der Waals surface area contributed by atoms with Crippen LogP contribution in [-0.2, 0) is 11.0 Å². The largest absolute Gasteiger partial charge is 0.417 e. The van der Waals surface area contributed by atoms with Gasteiger partial charge in [-0.05, 0) is 26.0 Å². The van der Waals surface area contributed by atoms with Crippen LogP contribution in [0.5, 0.6) is 0 Å². The number of pyridine rings is 1. The molecule has 0 aliphatic carbocycles. The Kier molecular flexibility index (Phi) is 4.98. The van der Waals surface area contributed by atoms with E-state index in [0.717, 1.165) is 12.1 Å². The van der Waals surface area contributed by atoms with Gasteiger partial charge in [0.05, 0.1) is 10.3 Å². The summed E-state index contributed by atoms with van der Waals surface area (Å²) in [7, 11) is 0. The van der Waals surface area contributed by atoms with Gasteiger partial charge in [0.1, 0.15) is 5.82 Å². The van der Waals surface area contributed by atoms with Crippen molar-refractivity contribution in [2.45, 2.75) is 50.3 Å². The minimum atomic E-state index is -4.43. The van der Waals surface area contributed by atoms with Crippen molar-refractivity contribution in [3.8, 4) is 0 Å². The fourth-order valence-corrected chi connectivity index (χ4v) is 3.39. The fourth-order valence-electron chi connectivity index (χ4n) is 1.71. The molecule has 0 bridgehead atoms. The van der Waals surface area contributed by atoms with Crippen LogP contribution in [-0.4, -0.2) is 20.4 Å². The number of thioether (sulfide) groups is 1. The Bertz CT molecular complexity index is 504. The highest BCUT2D eigenvalue weighted by molar-refractivity contribution is 8.02. The highest BCUT2D eigenvalue weighted by atomic mass is 32.2. The topological polar surface area (TPSA) is 42.0 Å². The van der Waals surface area contributed by atoms with Gasteiger partial charge in [-0.2, -0.15) is 13.2 Å². The van der Waals surface area contributed by atoms with Gasteiger partial charge >= 0.3 is 6.18 Å². The number of hydrogen-bond acceptors (Lipinski definition) is 3. The van der Waals surface area contributed by atoms with Gasteiger partial charge in [-0.25, -0.2) is 4.98 Å². The van der Waals surface area contributed by atoms with Crippen LogP contribution in [0.4, 0.5) is 19.0 Å². The number of nitrogens with one attached hydrogen (secondary N) is 1. The Hall–Kier alpha value is -1.24. The molecule has 0 aliphatic rings. The normalized spacial score (nSPS) is 13.1. The third-order valence-electron chi connectivity index (χ3n) is 2.44. The van der Waals surface area contributed by atoms with E-state index in [1.807, 2.05) is 20.8 Å². The molecule has 3 nitrogen and oxygen atoms in total. The molecule has 0 spiro atoms. The van der Waals surface area contributed by atoms with Gasteiger partial charge in [-0.15, -0.1) is 11.8 Å². The summed E-state index contributed by atoms with van der Waals surface area (Å²) in [6.45, 7) is 9.50. The summed E-state index contributed by atoms with van der Waals surface area (Å²) in [5.41, 5.74) is -0.844. The molecule has 0 aromatic carbocycles. The minimum Gasteiger partial charge on any atom is -0.310 e. The zero-order chi connectivity index (χ0) is 16.5. The van der Waals surface area contributed by atoms with Gasteiger partial charge in [0, 0.05) is 10.9 Å². The molecule has 7 heteroatoms. The van der Waals surface area contributed by atoms with Crippen molar-refractivity contribution in [1.82, 2.24) is 4.98 Å². The number of anilines is 1. The number of alkyl halides is 3. The van der Waals surface area contributed by atoms with Crippen LogP contribution in [0.2, 0.25) is 0 Å². The highest BCUT2D eigenvalue weighted by Gasteiger charge is 2.34. The lowest BCUT2D eigenvalue weighted by Gasteiger charge is -2.30. The first-order valence-corrected chi connectivity index (χ1v) is 7.18. The first-order valence-electron chi connectivity index (χ1n) is 6.36. The first kappa shape index (κ1) is 17.8. The number of carbonyl (C=O) groups is 1. The maximum Gasteiger partial charge on any atom is 0.417 e. The molecular weight excluding hydrogens is 301 g/mol. The van der Waals surface area contributed by atoms with E-state index >= 15 is 0 Å².